The van der Waals surface area contributed by atoms with Gasteiger partial charge in [-0.1, -0.05) is 18.2 Å². The van der Waals surface area contributed by atoms with Gasteiger partial charge in [-0.2, -0.15) is 0 Å². The molecule has 0 radical (unpaired) electrons. The van der Waals surface area contributed by atoms with Crippen molar-refractivity contribution < 1.29 is 9.90 Å². The van der Waals surface area contributed by atoms with Gasteiger partial charge in [-0.25, -0.2) is 9.97 Å². The van der Waals surface area contributed by atoms with Gasteiger partial charge in [0.2, 0.25) is 5.91 Å². The number of fused-ring (bicyclic) bond motifs is 1. The van der Waals surface area contributed by atoms with Crippen LogP contribution in [0.2, 0.25) is 0 Å². The van der Waals surface area contributed by atoms with E-state index in [1.54, 1.807) is 12.1 Å². The number of aryl methyl sites for hydroxylation is 1. The number of nitrogens with zero attached hydrogens (tertiary/aromatic N) is 3. The number of aromatic nitrogens is 2. The highest BCUT2D eigenvalue weighted by molar-refractivity contribution is 5.92. The van der Waals surface area contributed by atoms with Crippen LogP contribution in [-0.2, 0) is 4.79 Å². The number of carbonyl (C=O) groups excluding carboxylic acids is 1. The largest absolute Gasteiger partial charge is 0.507 e. The van der Waals surface area contributed by atoms with Crippen molar-refractivity contribution in [2.24, 2.45) is 11.7 Å². The number of para-hydroxylation sites is 1. The molecular formula is C22H24N4O2. The zero-order valence-electron chi connectivity index (χ0n) is 15.9. The van der Waals surface area contributed by atoms with E-state index in [2.05, 4.69) is 17.0 Å². The monoisotopic (exact) mass is 376 g/mol. The fourth-order valence-electron chi connectivity index (χ4n) is 3.88. The second-order valence-corrected chi connectivity index (χ2v) is 7.51. The zero-order chi connectivity index (χ0) is 19.7. The fourth-order valence-corrected chi connectivity index (χ4v) is 3.88. The Hall–Kier alpha value is -3.15. The molecule has 6 nitrogen and oxygen atoms in total. The van der Waals surface area contributed by atoms with Crippen molar-refractivity contribution >= 4 is 22.6 Å². The number of aromatic hydroxyl groups is 1. The van der Waals surface area contributed by atoms with E-state index in [1.165, 1.54) is 0 Å². The first kappa shape index (κ1) is 18.2. The minimum Gasteiger partial charge on any atom is -0.507 e. The molecule has 1 amide bonds. The standard InChI is InChI=1S/C22H24N4O2/c1-14-6-7-16-18(12-14)24-21(17-4-2-3-5-19(17)27)25-22(16)26-10-8-15(9-11-26)13-20(23)28/h2-7,12,15,27H,8-11,13H2,1H3,(H2,23,28). The van der Waals surface area contributed by atoms with Gasteiger partial charge in [-0.05, 0) is 55.5 Å². The van der Waals surface area contributed by atoms with Crippen molar-refractivity contribution in [3.63, 3.8) is 0 Å². The molecule has 1 aliphatic rings. The number of primary amides is 1. The Morgan fingerprint density at radius 1 is 1.18 bits per heavy atom. The lowest BCUT2D eigenvalue weighted by molar-refractivity contribution is -0.119. The number of hydrogen-bond donors (Lipinski definition) is 2. The van der Waals surface area contributed by atoms with Crippen LogP contribution in [0, 0.1) is 12.8 Å². The van der Waals surface area contributed by atoms with Crippen LogP contribution in [-0.4, -0.2) is 34.1 Å². The van der Waals surface area contributed by atoms with Gasteiger partial charge in [0.1, 0.15) is 11.6 Å². The molecule has 0 aliphatic carbocycles. The number of hydrogen-bond acceptors (Lipinski definition) is 5. The predicted octanol–water partition coefficient (Wildman–Crippen LogP) is 3.40. The maximum absolute atomic E-state index is 11.2. The Bertz CT molecular complexity index is 1030. The smallest absolute Gasteiger partial charge is 0.217 e. The summed E-state index contributed by atoms with van der Waals surface area (Å²) in [5.41, 5.74) is 7.97. The van der Waals surface area contributed by atoms with E-state index >= 15 is 0 Å². The van der Waals surface area contributed by atoms with Crippen molar-refractivity contribution in [1.82, 2.24) is 9.97 Å². The Morgan fingerprint density at radius 2 is 1.93 bits per heavy atom. The quantitative estimate of drug-likeness (QED) is 0.728. The lowest BCUT2D eigenvalue weighted by atomic mass is 9.93. The van der Waals surface area contributed by atoms with Crippen LogP contribution in [0.5, 0.6) is 5.75 Å². The highest BCUT2D eigenvalue weighted by Crippen LogP contribution is 2.33. The highest BCUT2D eigenvalue weighted by atomic mass is 16.3. The molecule has 1 saturated heterocycles. The summed E-state index contributed by atoms with van der Waals surface area (Å²) in [7, 11) is 0. The Morgan fingerprint density at radius 3 is 2.64 bits per heavy atom. The molecule has 2 aromatic carbocycles. The topological polar surface area (TPSA) is 92.3 Å². The molecule has 28 heavy (non-hydrogen) atoms. The molecule has 1 aliphatic heterocycles. The van der Waals surface area contributed by atoms with E-state index in [1.807, 2.05) is 25.1 Å². The van der Waals surface area contributed by atoms with Crippen LogP contribution in [0.15, 0.2) is 42.5 Å². The van der Waals surface area contributed by atoms with Crippen LogP contribution in [0.4, 0.5) is 5.82 Å². The van der Waals surface area contributed by atoms with Crippen molar-refractivity contribution in [1.29, 1.82) is 0 Å². The number of piperidine rings is 1. The third-order valence-corrected chi connectivity index (χ3v) is 5.38. The van der Waals surface area contributed by atoms with E-state index in [4.69, 9.17) is 15.7 Å². The number of nitrogens with two attached hydrogens (primary N) is 1. The molecule has 0 saturated carbocycles. The normalized spacial score (nSPS) is 15.1. The molecule has 0 atom stereocenters. The Labute approximate surface area is 164 Å². The number of carbonyl (C=O) groups is 1. The Balaban J connectivity index is 1.75. The molecular weight excluding hydrogens is 352 g/mol. The molecule has 4 rings (SSSR count). The summed E-state index contributed by atoms with van der Waals surface area (Å²) >= 11 is 0. The summed E-state index contributed by atoms with van der Waals surface area (Å²) in [6.07, 6.45) is 2.26. The molecule has 6 heteroatoms. The van der Waals surface area contributed by atoms with E-state index in [0.717, 1.165) is 48.2 Å². The molecule has 0 bridgehead atoms. The predicted molar refractivity (Wildman–Crippen MR) is 110 cm³/mol. The molecule has 1 aromatic heterocycles. The summed E-state index contributed by atoms with van der Waals surface area (Å²) < 4.78 is 0. The summed E-state index contributed by atoms with van der Waals surface area (Å²) in [5.74, 6) is 1.66. The van der Waals surface area contributed by atoms with E-state index in [-0.39, 0.29) is 11.7 Å². The number of phenolic OH excluding ortho intramolecular Hbond substituents is 1. The molecule has 144 valence electrons. The molecule has 2 heterocycles. The number of amides is 1. The van der Waals surface area contributed by atoms with Crippen molar-refractivity contribution in [2.45, 2.75) is 26.2 Å². The van der Waals surface area contributed by atoms with Gasteiger partial charge < -0.3 is 15.7 Å². The average Bonchev–Trinajstić information content (AvgIpc) is 2.67. The minimum atomic E-state index is -0.233. The highest BCUT2D eigenvalue weighted by Gasteiger charge is 2.24. The third kappa shape index (κ3) is 3.63. The lowest BCUT2D eigenvalue weighted by Crippen LogP contribution is -2.35. The van der Waals surface area contributed by atoms with Gasteiger partial charge in [0.15, 0.2) is 5.82 Å². The van der Waals surface area contributed by atoms with E-state index in [0.29, 0.717) is 23.7 Å². The first-order valence-corrected chi connectivity index (χ1v) is 9.61. The van der Waals surface area contributed by atoms with Crippen LogP contribution in [0.25, 0.3) is 22.3 Å². The third-order valence-electron chi connectivity index (χ3n) is 5.38. The van der Waals surface area contributed by atoms with Gasteiger partial charge in [0.05, 0.1) is 11.1 Å². The van der Waals surface area contributed by atoms with Gasteiger partial charge >= 0.3 is 0 Å². The van der Waals surface area contributed by atoms with Crippen molar-refractivity contribution in [3.8, 4) is 17.1 Å². The zero-order valence-corrected chi connectivity index (χ0v) is 15.9. The minimum absolute atomic E-state index is 0.167. The number of anilines is 1. The number of phenols is 1. The van der Waals surface area contributed by atoms with Gasteiger partial charge in [-0.15, -0.1) is 0 Å². The average molecular weight is 376 g/mol. The van der Waals surface area contributed by atoms with Crippen LogP contribution in [0.1, 0.15) is 24.8 Å². The Kier molecular flexibility index (Phi) is 4.86. The molecule has 3 aromatic rings. The van der Waals surface area contributed by atoms with Crippen molar-refractivity contribution in [3.05, 3.63) is 48.0 Å². The first-order chi connectivity index (χ1) is 13.5. The molecule has 0 unspecified atom stereocenters. The lowest BCUT2D eigenvalue weighted by Gasteiger charge is -2.33. The van der Waals surface area contributed by atoms with Crippen molar-refractivity contribution in [2.75, 3.05) is 18.0 Å². The first-order valence-electron chi connectivity index (χ1n) is 9.61. The fraction of sp³-hybridized carbons (Fsp3) is 0.318. The maximum Gasteiger partial charge on any atom is 0.217 e. The van der Waals surface area contributed by atoms with Crippen LogP contribution >= 0.6 is 0 Å². The SMILES string of the molecule is Cc1ccc2c(N3CCC(CC(N)=O)CC3)nc(-c3ccccc3O)nc2c1. The van der Waals surface area contributed by atoms with E-state index < -0.39 is 0 Å². The van der Waals surface area contributed by atoms with Crippen LogP contribution in [0.3, 0.4) is 0 Å². The summed E-state index contributed by atoms with van der Waals surface area (Å²) in [5, 5.41) is 11.3. The van der Waals surface area contributed by atoms with Crippen LogP contribution < -0.4 is 10.6 Å². The second-order valence-electron chi connectivity index (χ2n) is 7.51. The number of benzene rings is 2. The molecule has 3 N–H and O–H groups in total. The van der Waals surface area contributed by atoms with E-state index in [9.17, 15) is 9.90 Å². The summed E-state index contributed by atoms with van der Waals surface area (Å²) in [6, 6.07) is 13.3. The maximum atomic E-state index is 11.2. The number of rotatable bonds is 4. The van der Waals surface area contributed by atoms with Gasteiger partial charge in [0.25, 0.3) is 0 Å². The second kappa shape index (κ2) is 7.46. The van der Waals surface area contributed by atoms with Gasteiger partial charge in [-0.3, -0.25) is 4.79 Å². The van der Waals surface area contributed by atoms with Gasteiger partial charge in [0, 0.05) is 24.9 Å². The summed E-state index contributed by atoms with van der Waals surface area (Å²) in [4.78, 5) is 23.0. The molecule has 1 fully saturated rings. The summed E-state index contributed by atoms with van der Waals surface area (Å²) in [6.45, 7) is 3.67. The molecule has 0 spiro atoms.